The molecule has 0 fully saturated rings. The van der Waals surface area contributed by atoms with Crippen molar-refractivity contribution in [3.05, 3.63) is 0 Å². The van der Waals surface area contributed by atoms with Crippen LogP contribution in [0.1, 0.15) is 47.0 Å². The van der Waals surface area contributed by atoms with Gasteiger partial charge in [0.2, 0.25) is 5.91 Å². The highest BCUT2D eigenvalue weighted by Crippen LogP contribution is 1.97. The van der Waals surface area contributed by atoms with Crippen molar-refractivity contribution in [2.75, 3.05) is 19.6 Å². The average Bonchev–Trinajstić information content (AvgIpc) is 2.26. The van der Waals surface area contributed by atoms with Crippen molar-refractivity contribution >= 4 is 5.91 Å². The standard InChI is InChI=1S/C9H20N2O.C2H6/c1-3-5-7-11(8-6-10)9(12)4-2;1-2/h3-8,10H2,1-2H3;1-2H3. The van der Waals surface area contributed by atoms with Crippen molar-refractivity contribution in [2.24, 2.45) is 5.73 Å². The number of hydrogen-bond donors (Lipinski definition) is 1. The summed E-state index contributed by atoms with van der Waals surface area (Å²) < 4.78 is 0. The van der Waals surface area contributed by atoms with Crippen LogP contribution in [-0.2, 0) is 4.79 Å². The summed E-state index contributed by atoms with van der Waals surface area (Å²) >= 11 is 0. The van der Waals surface area contributed by atoms with Gasteiger partial charge in [-0.3, -0.25) is 4.79 Å². The van der Waals surface area contributed by atoms with Crippen LogP contribution in [0.25, 0.3) is 0 Å². The summed E-state index contributed by atoms with van der Waals surface area (Å²) in [5.41, 5.74) is 5.40. The summed E-state index contributed by atoms with van der Waals surface area (Å²) in [7, 11) is 0. The minimum Gasteiger partial charge on any atom is -0.341 e. The van der Waals surface area contributed by atoms with E-state index in [1.807, 2.05) is 25.7 Å². The van der Waals surface area contributed by atoms with E-state index in [0.717, 1.165) is 19.4 Å². The van der Waals surface area contributed by atoms with Crippen molar-refractivity contribution in [1.82, 2.24) is 4.90 Å². The van der Waals surface area contributed by atoms with Gasteiger partial charge in [-0.2, -0.15) is 0 Å². The number of hydrogen-bond acceptors (Lipinski definition) is 2. The molecule has 0 aliphatic rings. The molecule has 2 N–H and O–H groups in total. The summed E-state index contributed by atoms with van der Waals surface area (Å²) in [5.74, 6) is 0.217. The molecule has 0 saturated heterocycles. The highest BCUT2D eigenvalue weighted by Gasteiger charge is 2.08. The van der Waals surface area contributed by atoms with E-state index in [0.29, 0.717) is 19.5 Å². The number of carbonyl (C=O) groups excluding carboxylic acids is 1. The molecule has 86 valence electrons. The van der Waals surface area contributed by atoms with Crippen LogP contribution in [0, 0.1) is 0 Å². The average molecular weight is 202 g/mol. The quantitative estimate of drug-likeness (QED) is 0.716. The summed E-state index contributed by atoms with van der Waals surface area (Å²) in [5, 5.41) is 0. The highest BCUT2D eigenvalue weighted by atomic mass is 16.2. The van der Waals surface area contributed by atoms with Crippen LogP contribution >= 0.6 is 0 Å². The lowest BCUT2D eigenvalue weighted by Gasteiger charge is -2.20. The molecule has 0 aromatic carbocycles. The topological polar surface area (TPSA) is 46.3 Å². The molecule has 0 atom stereocenters. The fourth-order valence-corrected chi connectivity index (χ4v) is 1.09. The Kier molecular flexibility index (Phi) is 14.1. The third-order valence-electron chi connectivity index (χ3n) is 1.84. The Morgan fingerprint density at radius 3 is 2.14 bits per heavy atom. The fraction of sp³-hybridized carbons (Fsp3) is 0.909. The van der Waals surface area contributed by atoms with Crippen LogP contribution in [0.4, 0.5) is 0 Å². The van der Waals surface area contributed by atoms with Gasteiger partial charge in [-0.05, 0) is 6.42 Å². The van der Waals surface area contributed by atoms with E-state index in [1.54, 1.807) is 0 Å². The van der Waals surface area contributed by atoms with Gasteiger partial charge >= 0.3 is 0 Å². The summed E-state index contributed by atoms with van der Waals surface area (Å²) in [6.07, 6.45) is 2.79. The lowest BCUT2D eigenvalue weighted by molar-refractivity contribution is -0.130. The Labute approximate surface area is 88.7 Å². The van der Waals surface area contributed by atoms with Gasteiger partial charge in [0, 0.05) is 26.1 Å². The van der Waals surface area contributed by atoms with Crippen LogP contribution in [0.15, 0.2) is 0 Å². The van der Waals surface area contributed by atoms with Crippen molar-refractivity contribution < 1.29 is 4.79 Å². The first-order valence-corrected chi connectivity index (χ1v) is 5.74. The van der Waals surface area contributed by atoms with Gasteiger partial charge in [0.15, 0.2) is 0 Å². The molecule has 0 spiro atoms. The molecular formula is C11H26N2O. The van der Waals surface area contributed by atoms with E-state index in [1.165, 1.54) is 0 Å². The lowest BCUT2D eigenvalue weighted by Crippen LogP contribution is -2.35. The molecule has 0 rings (SSSR count). The monoisotopic (exact) mass is 202 g/mol. The van der Waals surface area contributed by atoms with E-state index >= 15 is 0 Å². The fourth-order valence-electron chi connectivity index (χ4n) is 1.09. The van der Waals surface area contributed by atoms with Crippen LogP contribution in [-0.4, -0.2) is 30.4 Å². The Bertz CT molecular complexity index is 126. The number of rotatable bonds is 6. The summed E-state index contributed by atoms with van der Waals surface area (Å²) in [4.78, 5) is 13.1. The Morgan fingerprint density at radius 1 is 1.21 bits per heavy atom. The van der Waals surface area contributed by atoms with E-state index in [2.05, 4.69) is 6.92 Å². The largest absolute Gasteiger partial charge is 0.341 e. The molecule has 0 aliphatic heterocycles. The number of amides is 1. The van der Waals surface area contributed by atoms with Gasteiger partial charge in [-0.15, -0.1) is 0 Å². The van der Waals surface area contributed by atoms with Crippen LogP contribution in [0.2, 0.25) is 0 Å². The minimum atomic E-state index is 0.217. The molecule has 3 heteroatoms. The zero-order chi connectivity index (χ0) is 11.4. The summed E-state index contributed by atoms with van der Waals surface area (Å²) in [6.45, 7) is 10.1. The molecule has 1 amide bonds. The van der Waals surface area contributed by atoms with Gasteiger partial charge in [0.25, 0.3) is 0 Å². The minimum absolute atomic E-state index is 0.217. The Hall–Kier alpha value is -0.570. The van der Waals surface area contributed by atoms with Crippen LogP contribution in [0.3, 0.4) is 0 Å². The molecule has 0 bridgehead atoms. The van der Waals surface area contributed by atoms with E-state index in [-0.39, 0.29) is 5.91 Å². The maximum Gasteiger partial charge on any atom is 0.222 e. The van der Waals surface area contributed by atoms with E-state index in [4.69, 9.17) is 5.73 Å². The third kappa shape index (κ3) is 8.05. The normalized spacial score (nSPS) is 8.93. The van der Waals surface area contributed by atoms with Crippen molar-refractivity contribution in [1.29, 1.82) is 0 Å². The second kappa shape index (κ2) is 12.4. The Balaban J connectivity index is 0. The van der Waals surface area contributed by atoms with Gasteiger partial charge in [0.05, 0.1) is 0 Å². The maximum absolute atomic E-state index is 11.3. The molecule has 3 nitrogen and oxygen atoms in total. The summed E-state index contributed by atoms with van der Waals surface area (Å²) in [6, 6.07) is 0. The number of carbonyl (C=O) groups is 1. The predicted molar refractivity (Wildman–Crippen MR) is 62.2 cm³/mol. The van der Waals surface area contributed by atoms with Crippen LogP contribution in [0.5, 0.6) is 0 Å². The second-order valence-electron chi connectivity index (χ2n) is 2.88. The molecule has 0 heterocycles. The van der Waals surface area contributed by atoms with E-state index < -0.39 is 0 Å². The molecule has 0 aliphatic carbocycles. The third-order valence-corrected chi connectivity index (χ3v) is 1.84. The van der Waals surface area contributed by atoms with Crippen LogP contribution < -0.4 is 5.73 Å². The molecular weight excluding hydrogens is 176 g/mol. The molecule has 0 saturated carbocycles. The SMILES string of the molecule is CC.CCCCN(CCN)C(=O)CC. The molecule has 0 radical (unpaired) electrons. The zero-order valence-electron chi connectivity index (χ0n) is 10.2. The first-order chi connectivity index (χ1) is 6.76. The second-order valence-corrected chi connectivity index (χ2v) is 2.88. The van der Waals surface area contributed by atoms with Gasteiger partial charge in [-0.1, -0.05) is 34.1 Å². The zero-order valence-corrected chi connectivity index (χ0v) is 10.2. The number of nitrogens with zero attached hydrogens (tertiary/aromatic N) is 1. The van der Waals surface area contributed by atoms with E-state index in [9.17, 15) is 4.79 Å². The number of unbranched alkanes of at least 4 members (excludes halogenated alkanes) is 1. The number of nitrogens with two attached hydrogens (primary N) is 1. The first-order valence-electron chi connectivity index (χ1n) is 5.74. The first kappa shape index (κ1) is 15.9. The lowest BCUT2D eigenvalue weighted by atomic mass is 10.3. The molecule has 14 heavy (non-hydrogen) atoms. The van der Waals surface area contributed by atoms with Gasteiger partial charge < -0.3 is 10.6 Å². The maximum atomic E-state index is 11.3. The van der Waals surface area contributed by atoms with Crippen molar-refractivity contribution in [3.63, 3.8) is 0 Å². The van der Waals surface area contributed by atoms with Crippen molar-refractivity contribution in [3.8, 4) is 0 Å². The molecule has 0 aromatic heterocycles. The van der Waals surface area contributed by atoms with Gasteiger partial charge in [0.1, 0.15) is 0 Å². The molecule has 0 aromatic rings. The Morgan fingerprint density at radius 2 is 1.79 bits per heavy atom. The molecule has 0 unspecified atom stereocenters. The smallest absolute Gasteiger partial charge is 0.222 e. The predicted octanol–water partition coefficient (Wildman–Crippen LogP) is 2.01. The van der Waals surface area contributed by atoms with Crippen molar-refractivity contribution in [2.45, 2.75) is 47.0 Å². The van der Waals surface area contributed by atoms with Gasteiger partial charge in [-0.25, -0.2) is 0 Å². The highest BCUT2D eigenvalue weighted by molar-refractivity contribution is 5.75.